The third kappa shape index (κ3) is 3.51. The van der Waals surface area contributed by atoms with Gasteiger partial charge in [-0.2, -0.15) is 0 Å². The Morgan fingerprint density at radius 1 is 1.00 bits per heavy atom. The molecular formula is C19H17N2O3-. The van der Waals surface area contributed by atoms with Crippen molar-refractivity contribution in [1.82, 2.24) is 9.55 Å². The van der Waals surface area contributed by atoms with E-state index in [1.807, 2.05) is 54.6 Å². The van der Waals surface area contributed by atoms with Crippen molar-refractivity contribution in [2.75, 3.05) is 0 Å². The van der Waals surface area contributed by atoms with Gasteiger partial charge in [0.25, 0.3) is 5.56 Å². The fourth-order valence-corrected chi connectivity index (χ4v) is 2.74. The average molecular weight is 321 g/mol. The fourth-order valence-electron chi connectivity index (χ4n) is 2.74. The van der Waals surface area contributed by atoms with Crippen LogP contribution in [-0.4, -0.2) is 15.5 Å². The summed E-state index contributed by atoms with van der Waals surface area (Å²) < 4.78 is 1.68. The smallest absolute Gasteiger partial charge is 0.272 e. The van der Waals surface area contributed by atoms with E-state index in [-0.39, 0.29) is 24.1 Å². The molecule has 0 fully saturated rings. The molecule has 3 rings (SSSR count). The van der Waals surface area contributed by atoms with Crippen molar-refractivity contribution in [1.29, 1.82) is 0 Å². The zero-order valence-corrected chi connectivity index (χ0v) is 13.1. The van der Waals surface area contributed by atoms with Crippen LogP contribution in [0.25, 0.3) is 11.0 Å². The van der Waals surface area contributed by atoms with Gasteiger partial charge in [-0.05, 0) is 30.5 Å². The van der Waals surface area contributed by atoms with E-state index in [1.54, 1.807) is 4.57 Å². The molecule has 2 aromatic carbocycles. The number of aliphatic carboxylic acids is 1. The van der Waals surface area contributed by atoms with Gasteiger partial charge in [-0.25, -0.2) is 4.98 Å². The van der Waals surface area contributed by atoms with Crippen LogP contribution in [0.3, 0.4) is 0 Å². The topological polar surface area (TPSA) is 75.0 Å². The van der Waals surface area contributed by atoms with Gasteiger partial charge in [0.15, 0.2) is 0 Å². The Morgan fingerprint density at radius 2 is 1.71 bits per heavy atom. The Kier molecular flexibility index (Phi) is 4.70. The molecule has 0 N–H and O–H groups in total. The Labute approximate surface area is 139 Å². The fraction of sp³-hybridized carbons (Fsp3) is 0.211. The van der Waals surface area contributed by atoms with Crippen molar-refractivity contribution in [2.45, 2.75) is 25.8 Å². The quantitative estimate of drug-likeness (QED) is 0.686. The minimum Gasteiger partial charge on any atom is -0.550 e. The second kappa shape index (κ2) is 7.08. The molecule has 1 aromatic heterocycles. The van der Waals surface area contributed by atoms with E-state index < -0.39 is 5.97 Å². The molecule has 0 bridgehead atoms. The number of carbonyl (C=O) groups is 1. The summed E-state index contributed by atoms with van der Waals surface area (Å²) in [7, 11) is 0. The molecule has 0 saturated carbocycles. The van der Waals surface area contributed by atoms with E-state index in [4.69, 9.17) is 0 Å². The zero-order chi connectivity index (χ0) is 16.9. The maximum absolute atomic E-state index is 12.7. The van der Waals surface area contributed by atoms with Crippen molar-refractivity contribution in [3.63, 3.8) is 0 Å². The van der Waals surface area contributed by atoms with Crippen LogP contribution in [0, 0.1) is 0 Å². The van der Waals surface area contributed by atoms with Gasteiger partial charge in [-0.3, -0.25) is 4.79 Å². The van der Waals surface area contributed by atoms with Crippen molar-refractivity contribution < 1.29 is 9.90 Å². The van der Waals surface area contributed by atoms with E-state index in [1.165, 1.54) is 0 Å². The maximum Gasteiger partial charge on any atom is 0.272 e. The SMILES string of the molecule is O=C([O-])CCc1nc2ccccc2n(CCc2ccccc2)c1=O. The summed E-state index contributed by atoms with van der Waals surface area (Å²) in [6.07, 6.45) is 0.589. The first kappa shape index (κ1) is 15.9. The minimum absolute atomic E-state index is 0.0807. The third-order valence-corrected chi connectivity index (χ3v) is 3.95. The molecule has 5 nitrogen and oxygen atoms in total. The lowest BCUT2D eigenvalue weighted by molar-refractivity contribution is -0.305. The molecule has 0 atom stereocenters. The molecule has 0 saturated heterocycles. The minimum atomic E-state index is -1.18. The highest BCUT2D eigenvalue weighted by molar-refractivity contribution is 5.74. The van der Waals surface area contributed by atoms with Gasteiger partial charge in [0.05, 0.1) is 11.0 Å². The van der Waals surface area contributed by atoms with Crippen LogP contribution in [0.2, 0.25) is 0 Å². The Balaban J connectivity index is 1.98. The van der Waals surface area contributed by atoms with Crippen molar-refractivity contribution in [2.24, 2.45) is 0 Å². The van der Waals surface area contributed by atoms with Crippen LogP contribution in [0.1, 0.15) is 17.7 Å². The summed E-state index contributed by atoms with van der Waals surface area (Å²) >= 11 is 0. The van der Waals surface area contributed by atoms with Crippen molar-refractivity contribution in [3.05, 3.63) is 76.2 Å². The molecule has 0 spiro atoms. The lowest BCUT2D eigenvalue weighted by atomic mass is 10.1. The van der Waals surface area contributed by atoms with E-state index >= 15 is 0 Å². The number of carboxylic acid groups (broad SMARTS) is 1. The first-order valence-corrected chi connectivity index (χ1v) is 7.87. The molecule has 3 aromatic rings. The number of carbonyl (C=O) groups excluding carboxylic acids is 1. The molecular weight excluding hydrogens is 304 g/mol. The van der Waals surface area contributed by atoms with E-state index in [0.717, 1.165) is 11.1 Å². The number of nitrogens with zero attached hydrogens (tertiary/aromatic N) is 2. The highest BCUT2D eigenvalue weighted by Gasteiger charge is 2.11. The Morgan fingerprint density at radius 3 is 2.46 bits per heavy atom. The largest absolute Gasteiger partial charge is 0.550 e. The maximum atomic E-state index is 12.7. The Hall–Kier alpha value is -2.95. The van der Waals surface area contributed by atoms with Crippen LogP contribution in [0.15, 0.2) is 59.4 Å². The molecule has 0 aliphatic carbocycles. The van der Waals surface area contributed by atoms with Gasteiger partial charge < -0.3 is 14.5 Å². The second-order valence-electron chi connectivity index (χ2n) is 5.61. The molecule has 0 amide bonds. The molecule has 122 valence electrons. The summed E-state index contributed by atoms with van der Waals surface area (Å²) in [5.41, 5.74) is 2.63. The number of fused-ring (bicyclic) bond motifs is 1. The van der Waals surface area contributed by atoms with Crippen molar-refractivity contribution in [3.8, 4) is 0 Å². The molecule has 1 heterocycles. The van der Waals surface area contributed by atoms with Gasteiger partial charge in [0, 0.05) is 18.9 Å². The van der Waals surface area contributed by atoms with Gasteiger partial charge >= 0.3 is 0 Å². The van der Waals surface area contributed by atoms with Gasteiger partial charge in [0.1, 0.15) is 5.69 Å². The molecule has 5 heteroatoms. The number of hydrogen-bond donors (Lipinski definition) is 0. The molecule has 0 radical (unpaired) electrons. The highest BCUT2D eigenvalue weighted by Crippen LogP contribution is 2.12. The lowest BCUT2D eigenvalue weighted by Crippen LogP contribution is -2.29. The predicted molar refractivity (Wildman–Crippen MR) is 89.5 cm³/mol. The zero-order valence-electron chi connectivity index (χ0n) is 13.1. The van der Waals surface area contributed by atoms with Crippen LogP contribution in [-0.2, 0) is 24.2 Å². The standard InChI is InChI=1S/C19H18N2O3/c22-18(23)11-10-16-19(24)21(13-12-14-6-2-1-3-7-14)17-9-5-4-8-15(17)20-16/h1-9H,10-13H2,(H,22,23)/p-1. The summed E-state index contributed by atoms with van der Waals surface area (Å²) in [6, 6.07) is 17.3. The van der Waals surface area contributed by atoms with Gasteiger partial charge in [0.2, 0.25) is 0 Å². The summed E-state index contributed by atoms with van der Waals surface area (Å²) in [6.45, 7) is 0.518. The normalized spacial score (nSPS) is 10.8. The first-order valence-electron chi connectivity index (χ1n) is 7.87. The number of para-hydroxylation sites is 2. The molecule has 0 aliphatic rings. The van der Waals surface area contributed by atoms with Gasteiger partial charge in [-0.15, -0.1) is 0 Å². The molecule has 0 unspecified atom stereocenters. The molecule has 0 aliphatic heterocycles. The predicted octanol–water partition coefficient (Wildman–Crippen LogP) is 1.32. The monoisotopic (exact) mass is 321 g/mol. The van der Waals surface area contributed by atoms with E-state index in [9.17, 15) is 14.7 Å². The van der Waals surface area contributed by atoms with Crippen LogP contribution in [0.4, 0.5) is 0 Å². The van der Waals surface area contributed by atoms with Crippen molar-refractivity contribution >= 4 is 17.0 Å². The van der Waals surface area contributed by atoms with Crippen LogP contribution < -0.4 is 10.7 Å². The Bertz CT molecular complexity index is 917. The lowest BCUT2D eigenvalue weighted by Gasteiger charge is -2.12. The van der Waals surface area contributed by atoms with Crippen LogP contribution in [0.5, 0.6) is 0 Å². The highest BCUT2D eigenvalue weighted by atomic mass is 16.4. The number of rotatable bonds is 6. The van der Waals surface area contributed by atoms with Gasteiger partial charge in [-0.1, -0.05) is 42.5 Å². The number of aromatic nitrogens is 2. The first-order chi connectivity index (χ1) is 11.6. The van der Waals surface area contributed by atoms with E-state index in [2.05, 4.69) is 4.98 Å². The number of hydrogen-bond acceptors (Lipinski definition) is 4. The summed E-state index contributed by atoms with van der Waals surface area (Å²) in [5, 5.41) is 10.7. The number of benzene rings is 2. The second-order valence-corrected chi connectivity index (χ2v) is 5.61. The summed E-state index contributed by atoms with van der Waals surface area (Å²) in [5.74, 6) is -1.18. The average Bonchev–Trinajstić information content (AvgIpc) is 2.60. The summed E-state index contributed by atoms with van der Waals surface area (Å²) in [4.78, 5) is 27.7. The third-order valence-electron chi connectivity index (χ3n) is 3.95. The van der Waals surface area contributed by atoms with Crippen LogP contribution >= 0.6 is 0 Å². The number of carboxylic acids is 1. The number of aryl methyl sites for hydroxylation is 3. The van der Waals surface area contributed by atoms with E-state index in [0.29, 0.717) is 18.5 Å². The molecule has 24 heavy (non-hydrogen) atoms.